The molecule has 1 aliphatic carbocycles. The Morgan fingerprint density at radius 1 is 0.613 bits per heavy atom. The highest BCUT2D eigenvalue weighted by Gasteiger charge is 2.18. The number of hydrogen-bond acceptors (Lipinski definition) is 2. The second kappa shape index (κ2) is 7.69. The lowest BCUT2D eigenvalue weighted by atomic mass is 9.97. The van der Waals surface area contributed by atoms with Crippen LogP contribution in [0, 0.1) is 0 Å². The average Bonchev–Trinajstić information content (AvgIpc) is 2.99. The van der Waals surface area contributed by atoms with Crippen molar-refractivity contribution in [1.29, 1.82) is 0 Å². The quantitative estimate of drug-likeness (QED) is 0.211. The minimum Gasteiger partial charge on any atom is -0.300 e. The van der Waals surface area contributed by atoms with Gasteiger partial charge in [0.15, 0.2) is 0 Å². The topological polar surface area (TPSA) is 17.1 Å². The first kappa shape index (κ1) is 18.9. The van der Waals surface area contributed by atoms with Gasteiger partial charge in [-0.15, -0.1) is 11.8 Å². The third-order valence-electron chi connectivity index (χ3n) is 6.64. The van der Waals surface area contributed by atoms with E-state index in [1.165, 1.54) is 48.0 Å². The molecule has 1 fully saturated rings. The first-order valence-electron chi connectivity index (χ1n) is 11.2. The highest BCUT2D eigenvalue weighted by molar-refractivity contribution is 8.00. The summed E-state index contributed by atoms with van der Waals surface area (Å²) < 4.78 is 0. The maximum absolute atomic E-state index is 11.8. The third-order valence-corrected chi connectivity index (χ3v) is 8.05. The van der Waals surface area contributed by atoms with Crippen LogP contribution in [0.4, 0.5) is 0 Å². The van der Waals surface area contributed by atoms with Gasteiger partial charge in [0, 0.05) is 23.0 Å². The molecule has 1 aliphatic rings. The number of rotatable bonds is 2. The van der Waals surface area contributed by atoms with Crippen LogP contribution in [0.15, 0.2) is 83.8 Å². The van der Waals surface area contributed by atoms with Crippen LogP contribution in [0.25, 0.3) is 43.1 Å². The molecule has 0 aliphatic heterocycles. The highest BCUT2D eigenvalue weighted by atomic mass is 32.2. The van der Waals surface area contributed by atoms with Crippen LogP contribution in [0.2, 0.25) is 0 Å². The molecule has 0 N–H and O–H groups in total. The Kier molecular flexibility index (Phi) is 4.69. The van der Waals surface area contributed by atoms with Crippen LogP contribution in [0.1, 0.15) is 32.1 Å². The molecule has 152 valence electrons. The molecule has 1 unspecified atom stereocenters. The lowest BCUT2D eigenvalue weighted by molar-refractivity contribution is -0.118. The molecular weight excluding hydrogens is 396 g/mol. The SMILES string of the molecule is O=C1CCCC(Sc2cccc3cc4cc5cc6ccccc6cc5cc4cc23)CC1. The summed E-state index contributed by atoms with van der Waals surface area (Å²) >= 11 is 1.97. The van der Waals surface area contributed by atoms with Gasteiger partial charge in [-0.1, -0.05) is 36.4 Å². The van der Waals surface area contributed by atoms with Gasteiger partial charge in [0.05, 0.1) is 0 Å². The van der Waals surface area contributed by atoms with Crippen molar-refractivity contribution in [2.45, 2.75) is 42.2 Å². The molecule has 0 bridgehead atoms. The van der Waals surface area contributed by atoms with E-state index in [-0.39, 0.29) is 0 Å². The first-order valence-corrected chi connectivity index (χ1v) is 12.1. The number of hydrogen-bond donors (Lipinski definition) is 0. The number of carbonyl (C=O) groups is 1. The smallest absolute Gasteiger partial charge is 0.132 e. The summed E-state index contributed by atoms with van der Waals surface area (Å²) in [6, 6.07) is 29.2. The Labute approximate surface area is 186 Å². The van der Waals surface area contributed by atoms with E-state index in [4.69, 9.17) is 0 Å². The number of thioether (sulfide) groups is 1. The van der Waals surface area contributed by atoms with Crippen LogP contribution in [0.3, 0.4) is 0 Å². The molecule has 0 aromatic heterocycles. The molecule has 6 rings (SSSR count). The van der Waals surface area contributed by atoms with Gasteiger partial charge in [0.2, 0.25) is 0 Å². The standard InChI is InChI=1S/C29H24OS/c30-26-8-4-9-27(12-11-26)31-29-10-3-7-21-15-24-16-22-13-19-5-1-2-6-20(19)14-23(22)17-25(24)18-28(21)29/h1-3,5-7,10,13-18,27H,4,8-9,11-12H2. The fourth-order valence-electron chi connectivity index (χ4n) is 4.96. The van der Waals surface area contributed by atoms with E-state index in [2.05, 4.69) is 78.9 Å². The number of fused-ring (bicyclic) bond motifs is 4. The zero-order chi connectivity index (χ0) is 20.8. The molecule has 5 aromatic rings. The van der Waals surface area contributed by atoms with Crippen LogP contribution in [0.5, 0.6) is 0 Å². The summed E-state index contributed by atoms with van der Waals surface area (Å²) in [5, 5.41) is 10.9. The van der Waals surface area contributed by atoms with Crippen LogP contribution in [-0.2, 0) is 4.79 Å². The minimum atomic E-state index is 0.436. The van der Waals surface area contributed by atoms with E-state index in [1.807, 2.05) is 11.8 Å². The van der Waals surface area contributed by atoms with E-state index in [0.717, 1.165) is 32.1 Å². The summed E-state index contributed by atoms with van der Waals surface area (Å²) in [5.41, 5.74) is 0. The van der Waals surface area contributed by atoms with Crippen molar-refractivity contribution >= 4 is 60.6 Å². The molecule has 1 atom stereocenters. The second-order valence-electron chi connectivity index (χ2n) is 8.78. The Balaban J connectivity index is 1.47. The Morgan fingerprint density at radius 2 is 1.23 bits per heavy atom. The number of Topliss-reactive ketones (excluding diaryl/α,β-unsaturated/α-hetero) is 1. The van der Waals surface area contributed by atoms with Crippen molar-refractivity contribution in [2.75, 3.05) is 0 Å². The molecule has 0 heterocycles. The van der Waals surface area contributed by atoms with E-state index < -0.39 is 0 Å². The van der Waals surface area contributed by atoms with E-state index >= 15 is 0 Å². The number of benzene rings is 5. The van der Waals surface area contributed by atoms with Crippen LogP contribution in [-0.4, -0.2) is 11.0 Å². The number of ketones is 1. The second-order valence-corrected chi connectivity index (χ2v) is 10.1. The highest BCUT2D eigenvalue weighted by Crippen LogP contribution is 2.38. The maximum Gasteiger partial charge on any atom is 0.132 e. The average molecular weight is 421 g/mol. The first-order chi connectivity index (χ1) is 15.2. The largest absolute Gasteiger partial charge is 0.300 e. The zero-order valence-electron chi connectivity index (χ0n) is 17.4. The third kappa shape index (κ3) is 3.59. The lowest BCUT2D eigenvalue weighted by Crippen LogP contribution is -2.01. The zero-order valence-corrected chi connectivity index (χ0v) is 18.3. The molecule has 0 saturated heterocycles. The predicted octanol–water partition coefficient (Wildman–Crippen LogP) is 8.29. The van der Waals surface area contributed by atoms with Gasteiger partial charge in [-0.25, -0.2) is 0 Å². The van der Waals surface area contributed by atoms with Crippen LogP contribution >= 0.6 is 11.8 Å². The van der Waals surface area contributed by atoms with Crippen LogP contribution < -0.4 is 0 Å². The van der Waals surface area contributed by atoms with E-state index in [1.54, 1.807) is 0 Å². The van der Waals surface area contributed by atoms with Gasteiger partial charge in [-0.3, -0.25) is 4.79 Å². The van der Waals surface area contributed by atoms with Crippen molar-refractivity contribution < 1.29 is 4.79 Å². The van der Waals surface area contributed by atoms with Gasteiger partial charge in [0.25, 0.3) is 0 Å². The molecule has 1 nitrogen and oxygen atoms in total. The van der Waals surface area contributed by atoms with Crippen molar-refractivity contribution in [2.24, 2.45) is 0 Å². The normalized spacial score (nSPS) is 17.5. The summed E-state index contributed by atoms with van der Waals surface area (Å²) in [4.78, 5) is 13.2. The molecule has 5 aromatic carbocycles. The monoisotopic (exact) mass is 420 g/mol. The molecule has 0 amide bonds. The van der Waals surface area contributed by atoms with Gasteiger partial charge < -0.3 is 0 Å². The predicted molar refractivity (Wildman–Crippen MR) is 134 cm³/mol. The van der Waals surface area contributed by atoms with Gasteiger partial charge in [-0.05, 0) is 105 Å². The molecule has 0 radical (unpaired) electrons. The van der Waals surface area contributed by atoms with E-state index in [9.17, 15) is 4.79 Å². The molecule has 31 heavy (non-hydrogen) atoms. The molecular formula is C29H24OS. The lowest BCUT2D eigenvalue weighted by Gasteiger charge is -2.15. The Morgan fingerprint density at radius 3 is 1.97 bits per heavy atom. The number of carbonyl (C=O) groups excluding carboxylic acids is 1. The fraction of sp³-hybridized carbons (Fsp3) is 0.207. The fourth-order valence-corrected chi connectivity index (χ4v) is 6.30. The minimum absolute atomic E-state index is 0.436. The van der Waals surface area contributed by atoms with Gasteiger partial charge in [0.1, 0.15) is 5.78 Å². The summed E-state index contributed by atoms with van der Waals surface area (Å²) in [7, 11) is 0. The van der Waals surface area contributed by atoms with Gasteiger partial charge >= 0.3 is 0 Å². The van der Waals surface area contributed by atoms with Crippen molar-refractivity contribution in [3.63, 3.8) is 0 Å². The molecule has 2 heteroatoms. The maximum atomic E-state index is 11.8. The summed E-state index contributed by atoms with van der Waals surface area (Å²) in [6.07, 6.45) is 4.68. The van der Waals surface area contributed by atoms with Crippen molar-refractivity contribution in [3.8, 4) is 0 Å². The van der Waals surface area contributed by atoms with Crippen molar-refractivity contribution in [1.82, 2.24) is 0 Å². The van der Waals surface area contributed by atoms with Crippen molar-refractivity contribution in [3.05, 3.63) is 78.9 Å². The van der Waals surface area contributed by atoms with E-state index in [0.29, 0.717) is 11.0 Å². The molecule has 1 saturated carbocycles. The summed E-state index contributed by atoms with van der Waals surface area (Å²) in [6.45, 7) is 0. The Hall–Kier alpha value is -2.84. The Bertz CT molecular complexity index is 1470. The molecule has 0 spiro atoms. The van der Waals surface area contributed by atoms with Gasteiger partial charge in [-0.2, -0.15) is 0 Å². The summed E-state index contributed by atoms with van der Waals surface area (Å²) in [5.74, 6) is 0.436.